The zero-order valence-corrected chi connectivity index (χ0v) is 9.97. The normalized spacial score (nSPS) is 28.2. The van der Waals surface area contributed by atoms with E-state index < -0.39 is 0 Å². The van der Waals surface area contributed by atoms with E-state index in [2.05, 4.69) is 41.6 Å². The molecule has 1 nitrogen and oxygen atoms in total. The minimum absolute atomic E-state index is 0.758. The molecule has 1 fully saturated rings. The van der Waals surface area contributed by atoms with Crippen LogP contribution in [0.15, 0.2) is 0 Å². The molecule has 0 saturated carbocycles. The fourth-order valence-corrected chi connectivity index (χ4v) is 2.31. The van der Waals surface area contributed by atoms with Gasteiger partial charge >= 0.3 is 0 Å². The van der Waals surface area contributed by atoms with Crippen LogP contribution in [-0.4, -0.2) is 29.4 Å². The van der Waals surface area contributed by atoms with Crippen molar-refractivity contribution in [3.8, 4) is 0 Å². The Morgan fingerprint density at radius 3 is 2.50 bits per heavy atom. The Morgan fingerprint density at radius 1 is 1.42 bits per heavy atom. The molecule has 1 aliphatic heterocycles. The predicted octanol–water partition coefficient (Wildman–Crippen LogP) is 2.75. The molecule has 1 saturated heterocycles. The molecule has 0 spiro atoms. The number of hydrogen-bond acceptors (Lipinski definition) is 1. The van der Waals surface area contributed by atoms with Gasteiger partial charge in [-0.3, -0.25) is 0 Å². The van der Waals surface area contributed by atoms with Crippen molar-refractivity contribution >= 4 is 15.9 Å². The molecule has 1 heterocycles. The Morgan fingerprint density at radius 2 is 2.08 bits per heavy atom. The van der Waals surface area contributed by atoms with Gasteiger partial charge in [-0.1, -0.05) is 29.8 Å². The minimum Gasteiger partial charge on any atom is -0.300 e. The van der Waals surface area contributed by atoms with Crippen LogP contribution in [0.5, 0.6) is 0 Å². The SMILES string of the molecule is CC(C)C(C)N1CCC(CBr)C1. The maximum absolute atomic E-state index is 3.56. The molecule has 0 radical (unpaired) electrons. The van der Waals surface area contributed by atoms with Crippen LogP contribution in [-0.2, 0) is 0 Å². The molecule has 0 aliphatic carbocycles. The van der Waals surface area contributed by atoms with E-state index in [0.717, 1.165) is 17.9 Å². The molecule has 2 heteroatoms. The van der Waals surface area contributed by atoms with Gasteiger partial charge in [0.2, 0.25) is 0 Å². The number of nitrogens with zero attached hydrogens (tertiary/aromatic N) is 1. The summed E-state index contributed by atoms with van der Waals surface area (Å²) in [6.45, 7) is 9.57. The van der Waals surface area contributed by atoms with Gasteiger partial charge in [0.15, 0.2) is 0 Å². The standard InChI is InChI=1S/C10H20BrN/c1-8(2)9(3)12-5-4-10(6-11)7-12/h8-10H,4-7H2,1-3H3. The van der Waals surface area contributed by atoms with E-state index in [1.165, 1.54) is 24.8 Å². The number of halogens is 1. The van der Waals surface area contributed by atoms with Gasteiger partial charge in [-0.2, -0.15) is 0 Å². The van der Waals surface area contributed by atoms with Crippen LogP contribution < -0.4 is 0 Å². The van der Waals surface area contributed by atoms with Gasteiger partial charge in [-0.25, -0.2) is 0 Å². The van der Waals surface area contributed by atoms with Crippen molar-refractivity contribution in [1.29, 1.82) is 0 Å². The molecular weight excluding hydrogens is 214 g/mol. The van der Waals surface area contributed by atoms with E-state index in [9.17, 15) is 0 Å². The van der Waals surface area contributed by atoms with E-state index >= 15 is 0 Å². The van der Waals surface area contributed by atoms with E-state index in [1.807, 2.05) is 0 Å². The molecule has 2 atom stereocenters. The third kappa shape index (κ3) is 2.46. The summed E-state index contributed by atoms with van der Waals surface area (Å²) < 4.78 is 0. The van der Waals surface area contributed by atoms with Gasteiger partial charge < -0.3 is 4.90 Å². The lowest BCUT2D eigenvalue weighted by molar-refractivity contribution is 0.203. The van der Waals surface area contributed by atoms with Gasteiger partial charge in [0.1, 0.15) is 0 Å². The molecule has 0 aromatic carbocycles. The Hall–Kier alpha value is 0.440. The maximum Gasteiger partial charge on any atom is 0.00900 e. The second kappa shape index (κ2) is 4.61. The largest absolute Gasteiger partial charge is 0.300 e. The molecule has 0 N–H and O–H groups in total. The number of alkyl halides is 1. The highest BCUT2D eigenvalue weighted by Crippen LogP contribution is 2.22. The summed E-state index contributed by atoms with van der Waals surface area (Å²) in [5, 5.41) is 1.17. The van der Waals surface area contributed by atoms with Crippen LogP contribution in [0.2, 0.25) is 0 Å². The summed E-state index contributed by atoms with van der Waals surface area (Å²) >= 11 is 3.56. The Balaban J connectivity index is 2.35. The van der Waals surface area contributed by atoms with Gasteiger partial charge in [0.05, 0.1) is 0 Å². The van der Waals surface area contributed by atoms with Gasteiger partial charge in [-0.15, -0.1) is 0 Å². The van der Waals surface area contributed by atoms with Crippen LogP contribution >= 0.6 is 15.9 Å². The lowest BCUT2D eigenvalue weighted by Gasteiger charge is -2.27. The van der Waals surface area contributed by atoms with Crippen LogP contribution in [0.3, 0.4) is 0 Å². The van der Waals surface area contributed by atoms with Gasteiger partial charge in [-0.05, 0) is 31.7 Å². The van der Waals surface area contributed by atoms with E-state index in [0.29, 0.717) is 0 Å². The summed E-state index contributed by atoms with van der Waals surface area (Å²) in [5.41, 5.74) is 0. The Labute approximate surface area is 84.6 Å². The monoisotopic (exact) mass is 233 g/mol. The van der Waals surface area contributed by atoms with Crippen molar-refractivity contribution in [3.63, 3.8) is 0 Å². The average molecular weight is 234 g/mol. The predicted molar refractivity (Wildman–Crippen MR) is 57.8 cm³/mol. The van der Waals surface area contributed by atoms with Crippen molar-refractivity contribution in [3.05, 3.63) is 0 Å². The van der Waals surface area contributed by atoms with Gasteiger partial charge in [0, 0.05) is 17.9 Å². The molecule has 0 aromatic rings. The number of hydrogen-bond donors (Lipinski definition) is 0. The first-order chi connectivity index (χ1) is 5.65. The molecule has 12 heavy (non-hydrogen) atoms. The summed E-state index contributed by atoms with van der Waals surface area (Å²) in [7, 11) is 0. The van der Waals surface area contributed by atoms with Crippen LogP contribution in [0, 0.1) is 11.8 Å². The summed E-state index contributed by atoms with van der Waals surface area (Å²) in [5.74, 6) is 1.69. The Kier molecular flexibility index (Phi) is 4.04. The molecule has 2 unspecified atom stereocenters. The highest BCUT2D eigenvalue weighted by Gasteiger charge is 2.26. The minimum atomic E-state index is 0.758. The van der Waals surface area contributed by atoms with Crippen LogP contribution in [0.25, 0.3) is 0 Å². The van der Waals surface area contributed by atoms with Gasteiger partial charge in [0.25, 0.3) is 0 Å². The highest BCUT2D eigenvalue weighted by atomic mass is 79.9. The lowest BCUT2D eigenvalue weighted by Crippen LogP contribution is -2.34. The number of likely N-dealkylation sites (tertiary alicyclic amines) is 1. The van der Waals surface area contributed by atoms with E-state index in [-0.39, 0.29) is 0 Å². The van der Waals surface area contributed by atoms with E-state index in [4.69, 9.17) is 0 Å². The third-order valence-corrected chi connectivity index (χ3v) is 3.99. The molecule has 1 rings (SSSR count). The summed E-state index contributed by atoms with van der Waals surface area (Å²) in [6, 6.07) is 0.758. The third-order valence-electron chi connectivity index (χ3n) is 3.08. The summed E-state index contributed by atoms with van der Waals surface area (Å²) in [4.78, 5) is 2.62. The zero-order chi connectivity index (χ0) is 9.14. The van der Waals surface area contributed by atoms with E-state index in [1.54, 1.807) is 0 Å². The lowest BCUT2D eigenvalue weighted by atomic mass is 10.1. The smallest absolute Gasteiger partial charge is 0.00900 e. The van der Waals surface area contributed by atoms with Crippen molar-refractivity contribution < 1.29 is 0 Å². The topological polar surface area (TPSA) is 3.24 Å². The molecule has 0 aromatic heterocycles. The first kappa shape index (κ1) is 10.5. The Bertz CT molecular complexity index is 136. The maximum atomic E-state index is 3.56. The molecule has 72 valence electrons. The quantitative estimate of drug-likeness (QED) is 0.679. The zero-order valence-electron chi connectivity index (χ0n) is 8.39. The van der Waals surface area contributed by atoms with Crippen molar-refractivity contribution in [2.45, 2.75) is 33.2 Å². The average Bonchev–Trinajstić information content (AvgIpc) is 2.50. The first-order valence-corrected chi connectivity index (χ1v) is 6.07. The second-order valence-electron chi connectivity index (χ2n) is 4.29. The van der Waals surface area contributed by atoms with Crippen molar-refractivity contribution in [2.75, 3.05) is 18.4 Å². The number of rotatable bonds is 3. The fraction of sp³-hybridized carbons (Fsp3) is 1.00. The first-order valence-electron chi connectivity index (χ1n) is 4.95. The molecule has 0 bridgehead atoms. The van der Waals surface area contributed by atoms with Crippen molar-refractivity contribution in [2.24, 2.45) is 11.8 Å². The van der Waals surface area contributed by atoms with Crippen LogP contribution in [0.1, 0.15) is 27.2 Å². The molecule has 1 aliphatic rings. The summed E-state index contributed by atoms with van der Waals surface area (Å²) in [6.07, 6.45) is 1.38. The second-order valence-corrected chi connectivity index (χ2v) is 4.94. The van der Waals surface area contributed by atoms with Crippen molar-refractivity contribution in [1.82, 2.24) is 4.90 Å². The molecule has 0 amide bonds. The highest BCUT2D eigenvalue weighted by molar-refractivity contribution is 9.09. The fourth-order valence-electron chi connectivity index (χ4n) is 1.78. The van der Waals surface area contributed by atoms with Crippen LogP contribution in [0.4, 0.5) is 0 Å². The molecular formula is C10H20BrN.